The highest BCUT2D eigenvalue weighted by molar-refractivity contribution is 5.86. The molecule has 0 fully saturated rings. The minimum atomic E-state index is -0.544. The van der Waals surface area contributed by atoms with E-state index in [1.165, 1.54) is 0 Å². The van der Waals surface area contributed by atoms with Crippen LogP contribution in [0.25, 0.3) is 10.8 Å². The van der Waals surface area contributed by atoms with Crippen molar-refractivity contribution in [3.63, 3.8) is 0 Å². The Morgan fingerprint density at radius 1 is 1.26 bits per heavy atom. The van der Waals surface area contributed by atoms with Gasteiger partial charge in [-0.3, -0.25) is 4.98 Å². The lowest BCUT2D eigenvalue weighted by Crippen LogP contribution is -2.16. The number of rotatable bonds is 10. The second-order valence-electron chi connectivity index (χ2n) is 6.50. The molecule has 0 saturated heterocycles. The number of ether oxygens (including phenoxy) is 2. The van der Waals surface area contributed by atoms with Crippen LogP contribution in [0.15, 0.2) is 43.2 Å². The topological polar surface area (TPSA) is 55.2 Å². The van der Waals surface area contributed by atoms with Crippen LogP contribution in [-0.4, -0.2) is 35.7 Å². The zero-order valence-electron chi connectivity index (χ0n) is 17.5. The first-order chi connectivity index (χ1) is 13.1. The van der Waals surface area contributed by atoms with Crippen LogP contribution in [0.5, 0.6) is 5.75 Å². The number of aliphatic hydroxyl groups is 3. The summed E-state index contributed by atoms with van der Waals surface area (Å²) in [6, 6.07) is 5.88. The number of benzene rings is 1. The van der Waals surface area contributed by atoms with Crippen molar-refractivity contribution in [3.8, 4) is 5.75 Å². The number of nitrogens with zero attached hydrogens (tertiary/aromatic N) is 1. The fourth-order valence-corrected chi connectivity index (χ4v) is 3.31. The number of hydrogen-bond donors (Lipinski definition) is 1. The first-order valence-corrected chi connectivity index (χ1v) is 9.92. The third kappa shape index (κ3) is 6.33. The van der Waals surface area contributed by atoms with E-state index in [4.69, 9.17) is 4.74 Å². The molecule has 27 heavy (non-hydrogen) atoms. The minimum Gasteiger partial charge on any atom is -0.497 e. The van der Waals surface area contributed by atoms with Gasteiger partial charge in [-0.1, -0.05) is 33.3 Å². The maximum atomic E-state index is 11.0. The molecule has 0 aliphatic carbocycles. The van der Waals surface area contributed by atoms with Gasteiger partial charge >= 0.3 is 0 Å². The van der Waals surface area contributed by atoms with Gasteiger partial charge in [0.05, 0.1) is 13.2 Å². The highest BCUT2D eigenvalue weighted by Crippen LogP contribution is 2.34. The van der Waals surface area contributed by atoms with Crippen LogP contribution in [0.4, 0.5) is 0 Å². The molecule has 2 unspecified atom stereocenters. The van der Waals surface area contributed by atoms with Gasteiger partial charge in [-0.15, -0.1) is 6.58 Å². The van der Waals surface area contributed by atoms with Gasteiger partial charge in [0.15, 0.2) is 6.61 Å². The first kappa shape index (κ1) is 23.1. The molecule has 0 aliphatic rings. The van der Waals surface area contributed by atoms with Gasteiger partial charge in [0, 0.05) is 29.3 Å². The molecule has 0 bridgehead atoms. The van der Waals surface area contributed by atoms with Crippen LogP contribution in [0.2, 0.25) is 0 Å². The van der Waals surface area contributed by atoms with E-state index in [1.54, 1.807) is 13.3 Å². The largest absolute Gasteiger partial charge is 0.497 e. The van der Waals surface area contributed by atoms with Gasteiger partial charge in [0.25, 0.3) is 0 Å². The average Bonchev–Trinajstić information content (AvgIpc) is 2.73. The predicted octanol–water partition coefficient (Wildman–Crippen LogP) is 5.07. The Morgan fingerprint density at radius 3 is 2.59 bits per heavy atom. The Bertz CT molecular complexity index is 686. The van der Waals surface area contributed by atoms with Gasteiger partial charge in [-0.2, -0.15) is 0 Å². The van der Waals surface area contributed by atoms with E-state index < -0.39 is 6.10 Å². The summed E-state index contributed by atoms with van der Waals surface area (Å²) in [5.74, 6) is 1.34. The molecule has 1 aromatic heterocycles. The summed E-state index contributed by atoms with van der Waals surface area (Å²) in [6.07, 6.45) is 7.86. The van der Waals surface area contributed by atoms with Crippen molar-refractivity contribution < 1.29 is 14.6 Å². The molecule has 2 rings (SSSR count). The number of pyridine rings is 1. The van der Waals surface area contributed by atoms with E-state index >= 15 is 0 Å². The Morgan fingerprint density at radius 2 is 2.00 bits per heavy atom. The summed E-state index contributed by atoms with van der Waals surface area (Å²) in [5.41, 5.74) is 0.874. The third-order valence-corrected chi connectivity index (χ3v) is 4.95. The maximum absolute atomic E-state index is 11.0. The second-order valence-corrected chi connectivity index (χ2v) is 6.50. The standard InChI is InChI=1S/C21H29NO3.C2H6/c1-5-15(14-24-3)7-8-16(6-2)21(23)20-13-22-12-17-9-10-18(25-4)11-19(17)20;1-2/h5,9-13,15-16,21,23H,1,6-8,14H2,2-4H3;1-2H3/p+1/t15-,16?,21?;/m1./s1. The van der Waals surface area contributed by atoms with Gasteiger partial charge in [0.1, 0.15) is 12.9 Å². The normalized spacial score (nSPS) is 14.0. The van der Waals surface area contributed by atoms with Gasteiger partial charge in [-0.05, 0) is 42.3 Å². The Labute approximate surface area is 164 Å². The van der Waals surface area contributed by atoms with E-state index in [9.17, 15) is 5.11 Å². The Kier molecular flexibility index (Phi) is 10.7. The summed E-state index contributed by atoms with van der Waals surface area (Å²) in [7, 11) is 3.49. The third-order valence-electron chi connectivity index (χ3n) is 4.95. The second kappa shape index (κ2) is 12.5. The van der Waals surface area contributed by atoms with Crippen molar-refractivity contribution in [1.82, 2.24) is 4.98 Å². The number of aromatic nitrogens is 1. The maximum Gasteiger partial charge on any atom is 0.150 e. The van der Waals surface area contributed by atoms with Gasteiger partial charge < -0.3 is 14.6 Å². The SMILES string of the molecule is C=C[C@H](CCC(CC)C(O)c1cncc2ccc(OC)cc12)C[OH+]C.CC. The summed E-state index contributed by atoms with van der Waals surface area (Å²) in [6.45, 7) is 10.8. The van der Waals surface area contributed by atoms with Crippen LogP contribution in [-0.2, 0) is 0 Å². The van der Waals surface area contributed by atoms with Crippen LogP contribution in [0.3, 0.4) is 0 Å². The van der Waals surface area contributed by atoms with Crippen LogP contribution >= 0.6 is 0 Å². The molecule has 0 amide bonds. The lowest BCUT2D eigenvalue weighted by atomic mass is 9.86. The van der Waals surface area contributed by atoms with Crippen LogP contribution in [0.1, 0.15) is 51.7 Å². The van der Waals surface area contributed by atoms with Crippen molar-refractivity contribution in [1.29, 1.82) is 0 Å². The molecule has 0 aliphatic heterocycles. The molecule has 2 aromatic rings. The van der Waals surface area contributed by atoms with E-state index in [0.717, 1.165) is 48.0 Å². The van der Waals surface area contributed by atoms with Crippen molar-refractivity contribution in [2.75, 3.05) is 20.8 Å². The van der Waals surface area contributed by atoms with Crippen molar-refractivity contribution >= 4 is 10.8 Å². The lowest BCUT2D eigenvalue weighted by Gasteiger charge is -2.24. The summed E-state index contributed by atoms with van der Waals surface area (Å²) < 4.78 is 9.56. The predicted molar refractivity (Wildman–Crippen MR) is 114 cm³/mol. The molecule has 0 saturated carbocycles. The molecule has 150 valence electrons. The van der Waals surface area contributed by atoms with Crippen molar-refractivity contribution in [2.45, 2.75) is 46.1 Å². The van der Waals surface area contributed by atoms with Crippen molar-refractivity contribution in [2.24, 2.45) is 11.8 Å². The number of hydrogen-bond acceptors (Lipinski definition) is 3. The summed E-state index contributed by atoms with van der Waals surface area (Å²) >= 11 is 0. The zero-order chi connectivity index (χ0) is 20.2. The molecule has 3 atom stereocenters. The number of aliphatic hydroxyl groups excluding tert-OH is 1. The fraction of sp³-hybridized carbons (Fsp3) is 0.522. The number of fused-ring (bicyclic) bond motifs is 1. The molecule has 0 spiro atoms. The van der Waals surface area contributed by atoms with Crippen LogP contribution in [0, 0.1) is 11.8 Å². The molecular formula is C23H36NO3+. The smallest absolute Gasteiger partial charge is 0.150 e. The molecule has 4 nitrogen and oxygen atoms in total. The van der Waals surface area contributed by atoms with E-state index in [1.807, 2.05) is 51.4 Å². The molecule has 4 heteroatoms. The Hall–Kier alpha value is -1.91. The first-order valence-electron chi connectivity index (χ1n) is 9.92. The molecular weight excluding hydrogens is 338 g/mol. The molecule has 2 N–H and O–H groups in total. The fourth-order valence-electron chi connectivity index (χ4n) is 3.31. The summed E-state index contributed by atoms with van der Waals surface area (Å²) in [4.78, 5) is 4.31. The lowest BCUT2D eigenvalue weighted by molar-refractivity contribution is -0.00611. The van der Waals surface area contributed by atoms with Crippen LogP contribution < -0.4 is 4.74 Å². The number of methoxy groups -OCH3 is 1. The average molecular weight is 375 g/mol. The highest BCUT2D eigenvalue weighted by atomic mass is 16.5. The van der Waals surface area contributed by atoms with E-state index in [-0.39, 0.29) is 5.92 Å². The molecule has 1 heterocycles. The van der Waals surface area contributed by atoms with Gasteiger partial charge in [0.2, 0.25) is 0 Å². The summed E-state index contributed by atoms with van der Waals surface area (Å²) in [5, 5.41) is 13.0. The minimum absolute atomic E-state index is 0.179. The van der Waals surface area contributed by atoms with E-state index in [2.05, 4.69) is 23.2 Å². The molecule has 0 radical (unpaired) electrons. The van der Waals surface area contributed by atoms with E-state index in [0.29, 0.717) is 5.92 Å². The zero-order valence-corrected chi connectivity index (χ0v) is 17.5. The van der Waals surface area contributed by atoms with Gasteiger partial charge in [-0.25, -0.2) is 0 Å². The monoisotopic (exact) mass is 374 g/mol. The highest BCUT2D eigenvalue weighted by Gasteiger charge is 2.23. The Balaban J connectivity index is 0.00000176. The van der Waals surface area contributed by atoms with Crippen molar-refractivity contribution in [3.05, 3.63) is 48.8 Å². The quantitative estimate of drug-likeness (QED) is 0.467. The molecule has 1 aromatic carbocycles.